The molecule has 0 aliphatic carbocycles. The maximum absolute atomic E-state index is 11.6. The summed E-state index contributed by atoms with van der Waals surface area (Å²) in [6, 6.07) is 1.86. The van der Waals surface area contributed by atoms with E-state index >= 15 is 0 Å². The molecular formula is C11H19N5O2S. The molecule has 1 aliphatic rings. The van der Waals surface area contributed by atoms with Gasteiger partial charge in [0, 0.05) is 33.4 Å². The van der Waals surface area contributed by atoms with Crippen molar-refractivity contribution in [3.63, 3.8) is 0 Å². The highest BCUT2D eigenvalue weighted by atomic mass is 32.2. The summed E-state index contributed by atoms with van der Waals surface area (Å²) in [5.41, 5.74) is 0. The maximum Gasteiger partial charge on any atom is 0.279 e. The lowest BCUT2D eigenvalue weighted by Gasteiger charge is -2.17. The third-order valence-corrected chi connectivity index (χ3v) is 4.48. The third-order valence-electron chi connectivity index (χ3n) is 3.01. The standard InChI is InChI=1S/C11H19N5O2S/c1-15(2)19(17,18)13-9-10-12-6-5-11(14-10)16-7-3-4-8-16/h5-6,13H,3-4,7-9H2,1-2H3. The van der Waals surface area contributed by atoms with Crippen LogP contribution in [0.2, 0.25) is 0 Å². The molecule has 0 unspecified atom stereocenters. The van der Waals surface area contributed by atoms with E-state index in [0.717, 1.165) is 23.2 Å². The van der Waals surface area contributed by atoms with Crippen molar-refractivity contribution in [3.8, 4) is 0 Å². The van der Waals surface area contributed by atoms with Crippen LogP contribution in [0.4, 0.5) is 5.82 Å². The third kappa shape index (κ3) is 3.62. The Morgan fingerprint density at radius 3 is 2.68 bits per heavy atom. The fraction of sp³-hybridized carbons (Fsp3) is 0.636. The van der Waals surface area contributed by atoms with Gasteiger partial charge in [-0.1, -0.05) is 0 Å². The minimum atomic E-state index is -3.44. The first-order chi connectivity index (χ1) is 8.99. The van der Waals surface area contributed by atoms with E-state index in [9.17, 15) is 8.42 Å². The molecule has 0 radical (unpaired) electrons. The summed E-state index contributed by atoms with van der Waals surface area (Å²) in [5.74, 6) is 1.35. The fourth-order valence-corrected chi connectivity index (χ4v) is 2.45. The molecule has 8 heteroatoms. The minimum Gasteiger partial charge on any atom is -0.357 e. The van der Waals surface area contributed by atoms with Gasteiger partial charge in [0.2, 0.25) is 0 Å². The second kappa shape index (κ2) is 5.81. The highest BCUT2D eigenvalue weighted by Crippen LogP contribution is 2.16. The van der Waals surface area contributed by atoms with E-state index in [0.29, 0.717) is 5.82 Å². The number of anilines is 1. The van der Waals surface area contributed by atoms with Crippen LogP contribution in [0.25, 0.3) is 0 Å². The summed E-state index contributed by atoms with van der Waals surface area (Å²) < 4.78 is 26.8. The van der Waals surface area contributed by atoms with Crippen molar-refractivity contribution in [2.45, 2.75) is 19.4 Å². The van der Waals surface area contributed by atoms with Gasteiger partial charge < -0.3 is 4.90 Å². The second-order valence-electron chi connectivity index (χ2n) is 4.63. The quantitative estimate of drug-likeness (QED) is 0.822. The number of hydrogen-bond acceptors (Lipinski definition) is 5. The number of nitrogens with zero attached hydrogens (tertiary/aromatic N) is 4. The summed E-state index contributed by atoms with van der Waals surface area (Å²) in [5, 5.41) is 0. The van der Waals surface area contributed by atoms with E-state index in [1.165, 1.54) is 26.9 Å². The van der Waals surface area contributed by atoms with Crippen molar-refractivity contribution in [1.82, 2.24) is 19.0 Å². The van der Waals surface area contributed by atoms with Crippen LogP contribution in [-0.2, 0) is 16.8 Å². The molecule has 0 atom stereocenters. The molecule has 1 aliphatic heterocycles. The molecule has 0 amide bonds. The predicted octanol–water partition coefficient (Wildman–Crippen LogP) is -0.0272. The van der Waals surface area contributed by atoms with Gasteiger partial charge in [0.1, 0.15) is 11.6 Å². The van der Waals surface area contributed by atoms with Crippen LogP contribution in [0.5, 0.6) is 0 Å². The van der Waals surface area contributed by atoms with E-state index < -0.39 is 10.2 Å². The van der Waals surface area contributed by atoms with E-state index in [1.807, 2.05) is 6.07 Å². The largest absolute Gasteiger partial charge is 0.357 e. The Labute approximate surface area is 113 Å². The van der Waals surface area contributed by atoms with Crippen LogP contribution < -0.4 is 9.62 Å². The first kappa shape index (κ1) is 14.2. The Balaban J connectivity index is 2.03. The van der Waals surface area contributed by atoms with Gasteiger partial charge in [0.15, 0.2) is 0 Å². The molecule has 106 valence electrons. The Morgan fingerprint density at radius 2 is 2.05 bits per heavy atom. The van der Waals surface area contributed by atoms with Crippen molar-refractivity contribution >= 4 is 16.0 Å². The average Bonchev–Trinajstić information content (AvgIpc) is 2.90. The van der Waals surface area contributed by atoms with Crippen LogP contribution in [0.15, 0.2) is 12.3 Å². The smallest absolute Gasteiger partial charge is 0.279 e. The van der Waals surface area contributed by atoms with Crippen molar-refractivity contribution in [2.75, 3.05) is 32.1 Å². The predicted molar refractivity (Wildman–Crippen MR) is 72.9 cm³/mol. The molecule has 0 saturated carbocycles. The molecule has 0 aromatic carbocycles. The summed E-state index contributed by atoms with van der Waals surface area (Å²) >= 11 is 0. The molecule has 1 aromatic heterocycles. The molecule has 1 aromatic rings. The maximum atomic E-state index is 11.6. The number of rotatable bonds is 5. The Bertz CT molecular complexity index is 526. The van der Waals surface area contributed by atoms with Gasteiger partial charge in [0.05, 0.1) is 6.54 Å². The van der Waals surface area contributed by atoms with E-state index in [-0.39, 0.29) is 6.54 Å². The zero-order chi connectivity index (χ0) is 13.9. The normalized spacial score (nSPS) is 16.3. The lowest BCUT2D eigenvalue weighted by Crippen LogP contribution is -2.35. The molecule has 2 heterocycles. The number of nitrogens with one attached hydrogen (secondary N) is 1. The average molecular weight is 285 g/mol. The van der Waals surface area contributed by atoms with E-state index in [2.05, 4.69) is 19.6 Å². The molecule has 0 spiro atoms. The second-order valence-corrected chi connectivity index (χ2v) is 6.60. The SMILES string of the molecule is CN(C)S(=O)(=O)NCc1nccc(N2CCCC2)n1. The zero-order valence-corrected chi connectivity index (χ0v) is 12.0. The van der Waals surface area contributed by atoms with Gasteiger partial charge in [-0.2, -0.15) is 17.4 Å². The van der Waals surface area contributed by atoms with E-state index in [4.69, 9.17) is 0 Å². The van der Waals surface area contributed by atoms with Gasteiger partial charge >= 0.3 is 0 Å². The first-order valence-electron chi connectivity index (χ1n) is 6.23. The molecule has 1 N–H and O–H groups in total. The molecule has 0 bridgehead atoms. The topological polar surface area (TPSA) is 78.4 Å². The Hall–Kier alpha value is -1.25. The summed E-state index contributed by atoms with van der Waals surface area (Å²) in [6.45, 7) is 2.10. The van der Waals surface area contributed by atoms with Gasteiger partial charge in [-0.15, -0.1) is 0 Å². The lowest BCUT2D eigenvalue weighted by atomic mass is 10.4. The molecule has 7 nitrogen and oxygen atoms in total. The fourth-order valence-electron chi connectivity index (χ4n) is 1.88. The lowest BCUT2D eigenvalue weighted by molar-refractivity contribution is 0.504. The van der Waals surface area contributed by atoms with Crippen molar-refractivity contribution in [3.05, 3.63) is 18.1 Å². The highest BCUT2D eigenvalue weighted by Gasteiger charge is 2.16. The van der Waals surface area contributed by atoms with Crippen LogP contribution in [0.1, 0.15) is 18.7 Å². The summed E-state index contributed by atoms with van der Waals surface area (Å²) in [6.07, 6.45) is 4.01. The molecule has 19 heavy (non-hydrogen) atoms. The van der Waals surface area contributed by atoms with E-state index in [1.54, 1.807) is 6.20 Å². The van der Waals surface area contributed by atoms with Crippen molar-refractivity contribution in [1.29, 1.82) is 0 Å². The molecule has 2 rings (SSSR count). The monoisotopic (exact) mass is 285 g/mol. The minimum absolute atomic E-state index is 0.0994. The Kier molecular flexibility index (Phi) is 4.33. The number of hydrogen-bond donors (Lipinski definition) is 1. The van der Waals surface area contributed by atoms with Crippen molar-refractivity contribution < 1.29 is 8.42 Å². The van der Waals surface area contributed by atoms with Gasteiger partial charge in [-0.05, 0) is 18.9 Å². The van der Waals surface area contributed by atoms with Crippen LogP contribution in [0.3, 0.4) is 0 Å². The highest BCUT2D eigenvalue weighted by molar-refractivity contribution is 7.87. The van der Waals surface area contributed by atoms with Crippen LogP contribution in [-0.4, -0.2) is 49.9 Å². The summed E-state index contributed by atoms with van der Waals surface area (Å²) in [4.78, 5) is 10.7. The number of aromatic nitrogens is 2. The van der Waals surface area contributed by atoms with Gasteiger partial charge in [-0.25, -0.2) is 9.97 Å². The summed E-state index contributed by atoms with van der Waals surface area (Å²) in [7, 11) is -0.486. The molecular weight excluding hydrogens is 266 g/mol. The van der Waals surface area contributed by atoms with Crippen LogP contribution in [0, 0.1) is 0 Å². The van der Waals surface area contributed by atoms with Crippen molar-refractivity contribution in [2.24, 2.45) is 0 Å². The molecule has 1 fully saturated rings. The zero-order valence-electron chi connectivity index (χ0n) is 11.2. The molecule has 1 saturated heterocycles. The first-order valence-corrected chi connectivity index (χ1v) is 7.67. The van der Waals surface area contributed by atoms with Gasteiger partial charge in [-0.3, -0.25) is 0 Å². The Morgan fingerprint density at radius 1 is 1.37 bits per heavy atom. The van der Waals surface area contributed by atoms with Gasteiger partial charge in [0.25, 0.3) is 10.2 Å². The van der Waals surface area contributed by atoms with Crippen LogP contribution >= 0.6 is 0 Å².